The molecule has 0 aliphatic carbocycles. The number of benzene rings is 2. The van der Waals surface area contributed by atoms with Gasteiger partial charge in [0.15, 0.2) is 0 Å². The number of hydrogen-bond acceptors (Lipinski definition) is 3. The molecule has 0 unspecified atom stereocenters. The van der Waals surface area contributed by atoms with Crippen molar-refractivity contribution in [2.45, 2.75) is 31.2 Å². The molecule has 0 aromatic heterocycles. The van der Waals surface area contributed by atoms with Crippen LogP contribution < -0.4 is 5.32 Å². The number of urea groups is 1. The van der Waals surface area contributed by atoms with Crippen molar-refractivity contribution >= 4 is 16.1 Å². The molecule has 3 rings (SSSR count). The molecule has 2 aromatic rings. The van der Waals surface area contributed by atoms with Crippen LogP contribution in [0.4, 0.5) is 9.18 Å². The van der Waals surface area contributed by atoms with Crippen molar-refractivity contribution in [2.24, 2.45) is 0 Å². The Labute approximate surface area is 171 Å². The fourth-order valence-corrected chi connectivity index (χ4v) is 4.65. The second-order valence-electron chi connectivity index (χ2n) is 7.36. The van der Waals surface area contributed by atoms with Gasteiger partial charge in [0, 0.05) is 38.3 Å². The summed E-state index contributed by atoms with van der Waals surface area (Å²) < 4.78 is 40.8. The smallest absolute Gasteiger partial charge is 0.317 e. The molecule has 29 heavy (non-hydrogen) atoms. The first-order valence-electron chi connectivity index (χ1n) is 9.65. The highest BCUT2D eigenvalue weighted by molar-refractivity contribution is 7.89. The predicted molar refractivity (Wildman–Crippen MR) is 109 cm³/mol. The van der Waals surface area contributed by atoms with E-state index in [1.54, 1.807) is 35.2 Å². The summed E-state index contributed by atoms with van der Waals surface area (Å²) in [5.41, 5.74) is 1.49. The van der Waals surface area contributed by atoms with Crippen LogP contribution in [0.25, 0.3) is 0 Å². The zero-order valence-corrected chi connectivity index (χ0v) is 17.5. The summed E-state index contributed by atoms with van der Waals surface area (Å²) in [5, 5.41) is 2.69. The van der Waals surface area contributed by atoms with Crippen molar-refractivity contribution in [3.05, 3.63) is 65.5 Å². The molecule has 1 heterocycles. The summed E-state index contributed by atoms with van der Waals surface area (Å²) >= 11 is 0. The molecule has 0 saturated carbocycles. The topological polar surface area (TPSA) is 69.7 Å². The highest BCUT2D eigenvalue weighted by atomic mass is 32.2. The molecule has 156 valence electrons. The fourth-order valence-electron chi connectivity index (χ4n) is 3.23. The SMILES string of the molecule is CC(C)c1ccc(S(=O)(=O)N2CCN(C(=O)NCc3ccccc3F)CC2)cc1. The van der Waals surface area contributed by atoms with E-state index in [0.717, 1.165) is 5.56 Å². The van der Waals surface area contributed by atoms with Gasteiger partial charge in [-0.05, 0) is 29.7 Å². The number of carbonyl (C=O) groups excluding carboxylic acids is 1. The second-order valence-corrected chi connectivity index (χ2v) is 9.30. The fraction of sp³-hybridized carbons (Fsp3) is 0.381. The van der Waals surface area contributed by atoms with Crippen LogP contribution in [-0.2, 0) is 16.6 Å². The average Bonchev–Trinajstić information content (AvgIpc) is 2.73. The second kappa shape index (κ2) is 8.92. The maximum atomic E-state index is 13.7. The summed E-state index contributed by atoms with van der Waals surface area (Å²) in [5.74, 6) is -0.0367. The summed E-state index contributed by atoms with van der Waals surface area (Å²) in [6.07, 6.45) is 0. The monoisotopic (exact) mass is 419 g/mol. The van der Waals surface area contributed by atoms with Crippen LogP contribution in [0.1, 0.15) is 30.9 Å². The molecule has 1 aliphatic rings. The van der Waals surface area contributed by atoms with Gasteiger partial charge in [-0.2, -0.15) is 4.31 Å². The van der Waals surface area contributed by atoms with E-state index < -0.39 is 10.0 Å². The number of piperazine rings is 1. The quantitative estimate of drug-likeness (QED) is 0.809. The molecular weight excluding hydrogens is 393 g/mol. The van der Waals surface area contributed by atoms with E-state index in [-0.39, 0.29) is 49.5 Å². The molecule has 0 atom stereocenters. The Morgan fingerprint density at radius 3 is 2.24 bits per heavy atom. The van der Waals surface area contributed by atoms with Crippen LogP contribution in [0.2, 0.25) is 0 Å². The molecule has 0 spiro atoms. The molecule has 1 fully saturated rings. The Hall–Kier alpha value is -2.45. The van der Waals surface area contributed by atoms with Crippen LogP contribution in [-0.4, -0.2) is 49.8 Å². The van der Waals surface area contributed by atoms with Crippen LogP contribution in [0.3, 0.4) is 0 Å². The van der Waals surface area contributed by atoms with Crippen LogP contribution in [0, 0.1) is 5.82 Å². The molecule has 8 heteroatoms. The van der Waals surface area contributed by atoms with Gasteiger partial charge in [-0.1, -0.05) is 44.2 Å². The molecule has 0 radical (unpaired) electrons. The number of rotatable bonds is 5. The van der Waals surface area contributed by atoms with Gasteiger partial charge in [-0.3, -0.25) is 0 Å². The molecule has 6 nitrogen and oxygen atoms in total. The molecule has 0 bridgehead atoms. The molecule has 1 N–H and O–H groups in total. The van der Waals surface area contributed by atoms with Crippen LogP contribution in [0.5, 0.6) is 0 Å². The third kappa shape index (κ3) is 4.94. The van der Waals surface area contributed by atoms with Crippen LogP contribution in [0.15, 0.2) is 53.4 Å². The largest absolute Gasteiger partial charge is 0.334 e. The number of sulfonamides is 1. The van der Waals surface area contributed by atoms with Crippen molar-refractivity contribution < 1.29 is 17.6 Å². The number of halogens is 1. The molecular formula is C21H26FN3O3S. The first kappa shape index (κ1) is 21.3. The number of hydrogen-bond donors (Lipinski definition) is 1. The minimum Gasteiger partial charge on any atom is -0.334 e. The van der Waals surface area contributed by atoms with Crippen molar-refractivity contribution in [1.82, 2.24) is 14.5 Å². The van der Waals surface area contributed by atoms with Gasteiger partial charge in [-0.15, -0.1) is 0 Å². The van der Waals surface area contributed by atoms with Gasteiger partial charge < -0.3 is 10.2 Å². The van der Waals surface area contributed by atoms with Gasteiger partial charge >= 0.3 is 6.03 Å². The predicted octanol–water partition coefficient (Wildman–Crippen LogP) is 3.17. The van der Waals surface area contributed by atoms with Crippen molar-refractivity contribution in [1.29, 1.82) is 0 Å². The number of carbonyl (C=O) groups is 1. The van der Waals surface area contributed by atoms with E-state index in [9.17, 15) is 17.6 Å². The van der Waals surface area contributed by atoms with E-state index in [1.165, 1.54) is 10.4 Å². The van der Waals surface area contributed by atoms with Crippen LogP contribution >= 0.6 is 0 Å². The van der Waals surface area contributed by atoms with Gasteiger partial charge in [0.1, 0.15) is 5.82 Å². The summed E-state index contributed by atoms with van der Waals surface area (Å²) in [6, 6.07) is 12.9. The summed E-state index contributed by atoms with van der Waals surface area (Å²) in [6.45, 7) is 5.22. The highest BCUT2D eigenvalue weighted by Crippen LogP contribution is 2.21. The molecule has 2 aromatic carbocycles. The molecule has 1 saturated heterocycles. The lowest BCUT2D eigenvalue weighted by molar-refractivity contribution is 0.172. The lowest BCUT2D eigenvalue weighted by atomic mass is 10.0. The van der Waals surface area contributed by atoms with E-state index in [0.29, 0.717) is 11.5 Å². The first-order valence-corrected chi connectivity index (χ1v) is 11.1. The maximum absolute atomic E-state index is 13.7. The Bertz CT molecular complexity index is 953. The average molecular weight is 420 g/mol. The van der Waals surface area contributed by atoms with E-state index in [4.69, 9.17) is 0 Å². The Morgan fingerprint density at radius 1 is 1.03 bits per heavy atom. The lowest BCUT2D eigenvalue weighted by Crippen LogP contribution is -2.53. The van der Waals surface area contributed by atoms with E-state index in [2.05, 4.69) is 19.2 Å². The highest BCUT2D eigenvalue weighted by Gasteiger charge is 2.30. The van der Waals surface area contributed by atoms with E-state index in [1.807, 2.05) is 12.1 Å². The minimum absolute atomic E-state index is 0.0895. The van der Waals surface area contributed by atoms with Crippen molar-refractivity contribution in [3.8, 4) is 0 Å². The normalized spacial score (nSPS) is 15.5. The van der Waals surface area contributed by atoms with Gasteiger partial charge in [0.05, 0.1) is 4.90 Å². The number of nitrogens with zero attached hydrogens (tertiary/aromatic N) is 2. The number of amides is 2. The summed E-state index contributed by atoms with van der Waals surface area (Å²) in [7, 11) is -3.59. The Morgan fingerprint density at radius 2 is 1.66 bits per heavy atom. The Balaban J connectivity index is 1.56. The zero-order chi connectivity index (χ0) is 21.0. The first-order chi connectivity index (χ1) is 13.8. The zero-order valence-electron chi connectivity index (χ0n) is 16.6. The Kier molecular flexibility index (Phi) is 6.54. The van der Waals surface area contributed by atoms with Gasteiger partial charge in [0.25, 0.3) is 0 Å². The summed E-state index contributed by atoms with van der Waals surface area (Å²) in [4.78, 5) is 14.1. The van der Waals surface area contributed by atoms with Crippen molar-refractivity contribution in [2.75, 3.05) is 26.2 Å². The molecule has 1 aliphatic heterocycles. The van der Waals surface area contributed by atoms with Crippen molar-refractivity contribution in [3.63, 3.8) is 0 Å². The standard InChI is InChI=1S/C21H26FN3O3S/c1-16(2)17-7-9-19(10-8-17)29(27,28)25-13-11-24(12-14-25)21(26)23-15-18-5-3-4-6-20(18)22/h3-10,16H,11-15H2,1-2H3,(H,23,26). The molecule has 2 amide bonds. The third-order valence-corrected chi connectivity index (χ3v) is 7.01. The minimum atomic E-state index is -3.59. The third-order valence-electron chi connectivity index (χ3n) is 5.10. The number of nitrogens with one attached hydrogen (secondary N) is 1. The van der Waals surface area contributed by atoms with Gasteiger partial charge in [-0.25, -0.2) is 17.6 Å². The van der Waals surface area contributed by atoms with E-state index >= 15 is 0 Å². The maximum Gasteiger partial charge on any atom is 0.317 e. The lowest BCUT2D eigenvalue weighted by Gasteiger charge is -2.34. The van der Waals surface area contributed by atoms with Gasteiger partial charge in [0.2, 0.25) is 10.0 Å².